The highest BCUT2D eigenvalue weighted by molar-refractivity contribution is 5.82. The van der Waals surface area contributed by atoms with E-state index >= 15 is 0 Å². The average molecular weight is 285 g/mol. The van der Waals surface area contributed by atoms with Crippen molar-refractivity contribution < 1.29 is 14.6 Å². The van der Waals surface area contributed by atoms with E-state index in [0.717, 1.165) is 10.9 Å². The van der Waals surface area contributed by atoms with Crippen LogP contribution < -0.4 is 5.32 Å². The highest BCUT2D eigenvalue weighted by atomic mass is 16.5. The van der Waals surface area contributed by atoms with Gasteiger partial charge in [0, 0.05) is 19.0 Å². The lowest BCUT2D eigenvalue weighted by molar-refractivity contribution is -0.139. The molecule has 108 valence electrons. The van der Waals surface area contributed by atoms with E-state index in [2.05, 4.69) is 16.4 Å². The van der Waals surface area contributed by atoms with Crippen LogP contribution in [0.4, 0.5) is 5.82 Å². The smallest absolute Gasteiger partial charge is 0.306 e. The summed E-state index contributed by atoms with van der Waals surface area (Å²) in [5, 5.41) is 21.8. The molecule has 1 aromatic carbocycles. The molecule has 1 atom stereocenters. The third-order valence-electron chi connectivity index (χ3n) is 3.08. The van der Waals surface area contributed by atoms with Gasteiger partial charge >= 0.3 is 5.97 Å². The predicted molar refractivity (Wildman–Crippen MR) is 78.0 cm³/mol. The van der Waals surface area contributed by atoms with E-state index in [0.29, 0.717) is 11.4 Å². The number of nitrogens with zero attached hydrogens (tertiary/aromatic N) is 2. The van der Waals surface area contributed by atoms with Crippen molar-refractivity contribution in [3.63, 3.8) is 0 Å². The summed E-state index contributed by atoms with van der Waals surface area (Å²) >= 11 is 0. The van der Waals surface area contributed by atoms with Gasteiger partial charge in [0.2, 0.25) is 0 Å². The van der Waals surface area contributed by atoms with Crippen LogP contribution >= 0.6 is 0 Å². The number of methoxy groups -OCH3 is 1. The molecule has 0 aliphatic carbocycles. The molecule has 1 aromatic heterocycles. The fourth-order valence-corrected chi connectivity index (χ4v) is 1.98. The molecule has 6 heteroatoms. The van der Waals surface area contributed by atoms with Crippen molar-refractivity contribution >= 4 is 22.7 Å². The first kappa shape index (κ1) is 14.8. The number of rotatable bonds is 6. The van der Waals surface area contributed by atoms with Crippen molar-refractivity contribution in [3.05, 3.63) is 35.9 Å². The first-order chi connectivity index (χ1) is 10.1. The van der Waals surface area contributed by atoms with Crippen molar-refractivity contribution in [1.82, 2.24) is 4.98 Å². The molecule has 1 heterocycles. The molecular formula is C15H15N3O3. The Hall–Kier alpha value is -2.65. The summed E-state index contributed by atoms with van der Waals surface area (Å²) in [6, 6.07) is 11.3. The highest BCUT2D eigenvalue weighted by Gasteiger charge is 2.14. The van der Waals surface area contributed by atoms with Gasteiger partial charge in [0.25, 0.3) is 0 Å². The van der Waals surface area contributed by atoms with Crippen molar-refractivity contribution in [3.8, 4) is 6.07 Å². The Morgan fingerprint density at radius 2 is 2.29 bits per heavy atom. The molecule has 0 aliphatic heterocycles. The van der Waals surface area contributed by atoms with E-state index in [1.165, 1.54) is 7.11 Å². The minimum atomic E-state index is -0.935. The number of benzene rings is 1. The van der Waals surface area contributed by atoms with Gasteiger partial charge in [0.1, 0.15) is 11.9 Å². The quantitative estimate of drug-likeness (QED) is 0.843. The third-order valence-corrected chi connectivity index (χ3v) is 3.08. The number of aromatic nitrogens is 1. The first-order valence-electron chi connectivity index (χ1n) is 6.42. The number of carboxylic acids is 1. The number of hydrogen-bond acceptors (Lipinski definition) is 5. The molecule has 21 heavy (non-hydrogen) atoms. The topological polar surface area (TPSA) is 95.2 Å². The van der Waals surface area contributed by atoms with Crippen molar-refractivity contribution in [2.45, 2.75) is 12.5 Å². The van der Waals surface area contributed by atoms with E-state index in [1.807, 2.05) is 24.3 Å². The van der Waals surface area contributed by atoms with Gasteiger partial charge in [-0.15, -0.1) is 0 Å². The number of hydrogen-bond donors (Lipinski definition) is 2. The van der Waals surface area contributed by atoms with Gasteiger partial charge in [-0.05, 0) is 12.1 Å². The number of pyridine rings is 1. The molecule has 0 saturated carbocycles. The monoisotopic (exact) mass is 285 g/mol. The molecule has 0 spiro atoms. The molecule has 1 unspecified atom stereocenters. The molecule has 0 aliphatic rings. The Morgan fingerprint density at radius 1 is 1.52 bits per heavy atom. The number of aliphatic carboxylic acids is 1. The second kappa shape index (κ2) is 6.68. The predicted octanol–water partition coefficient (Wildman–Crippen LogP) is 2.01. The van der Waals surface area contributed by atoms with Gasteiger partial charge < -0.3 is 15.2 Å². The van der Waals surface area contributed by atoms with Crippen LogP contribution in [0, 0.1) is 11.3 Å². The van der Waals surface area contributed by atoms with Crippen LogP contribution in [0.2, 0.25) is 0 Å². The van der Waals surface area contributed by atoms with Crippen LogP contribution in [0.3, 0.4) is 0 Å². The number of carboxylic acid groups (broad SMARTS) is 1. The number of nitriles is 1. The maximum Gasteiger partial charge on any atom is 0.306 e. The summed E-state index contributed by atoms with van der Waals surface area (Å²) in [4.78, 5) is 15.1. The Balaban J connectivity index is 2.21. The minimum Gasteiger partial charge on any atom is -0.481 e. The molecule has 6 nitrogen and oxygen atoms in total. The fraction of sp³-hybridized carbons (Fsp3) is 0.267. The zero-order chi connectivity index (χ0) is 15.2. The summed E-state index contributed by atoms with van der Waals surface area (Å²) in [6.07, 6.45) is -0.596. The fourth-order valence-electron chi connectivity index (χ4n) is 1.98. The van der Waals surface area contributed by atoms with Crippen molar-refractivity contribution in [1.29, 1.82) is 5.26 Å². The largest absolute Gasteiger partial charge is 0.481 e. The SMILES string of the molecule is COC(CNc1nc2ccccc2cc1C#N)CC(=O)O. The average Bonchev–Trinajstić information content (AvgIpc) is 2.50. The zero-order valence-corrected chi connectivity index (χ0v) is 11.5. The number of carbonyl (C=O) groups is 1. The number of ether oxygens (including phenoxy) is 1. The van der Waals surface area contributed by atoms with Gasteiger partial charge in [-0.1, -0.05) is 18.2 Å². The molecule has 0 saturated heterocycles. The van der Waals surface area contributed by atoms with Crippen LogP contribution in [0.5, 0.6) is 0 Å². The molecule has 0 fully saturated rings. The molecule has 2 N–H and O–H groups in total. The molecule has 2 rings (SSSR count). The number of anilines is 1. The Labute approximate surface area is 122 Å². The summed E-state index contributed by atoms with van der Waals surface area (Å²) < 4.78 is 5.09. The van der Waals surface area contributed by atoms with Gasteiger partial charge in [-0.25, -0.2) is 4.98 Å². The lowest BCUT2D eigenvalue weighted by atomic mass is 10.1. The van der Waals surface area contributed by atoms with Gasteiger partial charge in [-0.3, -0.25) is 4.79 Å². The van der Waals surface area contributed by atoms with Crippen LogP contribution in [0.15, 0.2) is 30.3 Å². The standard InChI is InChI=1S/C15H15N3O3/c1-21-12(7-14(19)20)9-17-15-11(8-16)6-10-4-2-3-5-13(10)18-15/h2-6,12H,7,9H2,1H3,(H,17,18)(H,19,20). The summed E-state index contributed by atoms with van der Waals surface area (Å²) in [5.74, 6) is -0.501. The van der Waals surface area contributed by atoms with Crippen molar-refractivity contribution in [2.75, 3.05) is 19.0 Å². The van der Waals surface area contributed by atoms with Gasteiger partial charge in [0.15, 0.2) is 0 Å². The Kier molecular flexibility index (Phi) is 4.69. The van der Waals surface area contributed by atoms with Gasteiger partial charge in [-0.2, -0.15) is 5.26 Å². The van der Waals surface area contributed by atoms with Gasteiger partial charge in [0.05, 0.1) is 23.6 Å². The van der Waals surface area contributed by atoms with E-state index < -0.39 is 12.1 Å². The third kappa shape index (κ3) is 3.68. The van der Waals surface area contributed by atoms with Crippen LogP contribution in [0.1, 0.15) is 12.0 Å². The maximum absolute atomic E-state index is 10.7. The summed E-state index contributed by atoms with van der Waals surface area (Å²) in [5.41, 5.74) is 1.19. The summed E-state index contributed by atoms with van der Waals surface area (Å²) in [6.45, 7) is 0.267. The second-order valence-electron chi connectivity index (χ2n) is 4.53. The zero-order valence-electron chi connectivity index (χ0n) is 11.5. The van der Waals surface area contributed by atoms with E-state index in [1.54, 1.807) is 6.07 Å². The Bertz CT molecular complexity index is 694. The first-order valence-corrected chi connectivity index (χ1v) is 6.42. The second-order valence-corrected chi connectivity index (χ2v) is 4.53. The molecular weight excluding hydrogens is 270 g/mol. The number of nitrogens with one attached hydrogen (secondary N) is 1. The number of fused-ring (bicyclic) bond motifs is 1. The number of para-hydroxylation sites is 1. The van der Waals surface area contributed by atoms with E-state index in [-0.39, 0.29) is 13.0 Å². The normalized spacial score (nSPS) is 11.8. The summed E-state index contributed by atoms with van der Waals surface area (Å²) in [7, 11) is 1.45. The molecule has 0 radical (unpaired) electrons. The van der Waals surface area contributed by atoms with Crippen LogP contribution in [0.25, 0.3) is 10.9 Å². The van der Waals surface area contributed by atoms with Crippen LogP contribution in [-0.2, 0) is 9.53 Å². The minimum absolute atomic E-state index is 0.112. The lowest BCUT2D eigenvalue weighted by Crippen LogP contribution is -2.25. The van der Waals surface area contributed by atoms with E-state index in [9.17, 15) is 10.1 Å². The lowest BCUT2D eigenvalue weighted by Gasteiger charge is -2.15. The maximum atomic E-state index is 10.7. The van der Waals surface area contributed by atoms with E-state index in [4.69, 9.17) is 9.84 Å². The van der Waals surface area contributed by atoms with Crippen LogP contribution in [-0.4, -0.2) is 35.8 Å². The molecule has 2 aromatic rings. The Morgan fingerprint density at radius 3 is 2.95 bits per heavy atom. The highest BCUT2D eigenvalue weighted by Crippen LogP contribution is 2.19. The van der Waals surface area contributed by atoms with Crippen molar-refractivity contribution in [2.24, 2.45) is 0 Å². The molecule has 0 amide bonds. The molecule has 0 bridgehead atoms.